The predicted molar refractivity (Wildman–Crippen MR) is 80.7 cm³/mol. The lowest BCUT2D eigenvalue weighted by Gasteiger charge is -2.31. The quantitative estimate of drug-likeness (QED) is 0.862. The topological polar surface area (TPSA) is 21.3 Å². The lowest BCUT2D eigenvalue weighted by Crippen LogP contribution is -2.41. The van der Waals surface area contributed by atoms with Gasteiger partial charge in [-0.25, -0.2) is 4.39 Å². The minimum Gasteiger partial charge on any atom is -0.381 e. The van der Waals surface area contributed by atoms with Crippen LogP contribution >= 0.6 is 11.6 Å². The minimum absolute atomic E-state index is 0.201. The van der Waals surface area contributed by atoms with Crippen LogP contribution in [0.15, 0.2) is 18.2 Å². The van der Waals surface area contributed by atoms with Gasteiger partial charge in [-0.3, -0.25) is 0 Å². The average Bonchev–Trinajstić information content (AvgIpc) is 2.47. The van der Waals surface area contributed by atoms with Crippen molar-refractivity contribution >= 4 is 11.6 Å². The van der Waals surface area contributed by atoms with E-state index in [0.717, 1.165) is 39.0 Å². The molecular formula is C16H23ClFNO. The van der Waals surface area contributed by atoms with Crippen molar-refractivity contribution < 1.29 is 9.13 Å². The molecular weight excluding hydrogens is 277 g/mol. The van der Waals surface area contributed by atoms with Crippen molar-refractivity contribution in [2.45, 2.75) is 38.6 Å². The summed E-state index contributed by atoms with van der Waals surface area (Å²) in [6, 6.07) is 5.18. The molecule has 1 aromatic carbocycles. The summed E-state index contributed by atoms with van der Waals surface area (Å²) in [5.74, 6) is 0.332. The van der Waals surface area contributed by atoms with Gasteiger partial charge in [-0.2, -0.15) is 0 Å². The molecule has 2 rings (SSSR count). The fourth-order valence-corrected chi connectivity index (χ4v) is 3.04. The Morgan fingerprint density at radius 2 is 2.15 bits per heavy atom. The van der Waals surface area contributed by atoms with Gasteiger partial charge in [0.2, 0.25) is 0 Å². The van der Waals surface area contributed by atoms with Crippen LogP contribution in [0.1, 0.15) is 31.7 Å². The molecule has 0 amide bonds. The second-order valence-corrected chi connectivity index (χ2v) is 5.82. The zero-order valence-corrected chi connectivity index (χ0v) is 12.8. The molecule has 1 aliphatic rings. The van der Waals surface area contributed by atoms with Gasteiger partial charge in [0.15, 0.2) is 0 Å². The Labute approximate surface area is 125 Å². The van der Waals surface area contributed by atoms with Crippen LogP contribution in [0.5, 0.6) is 0 Å². The van der Waals surface area contributed by atoms with Crippen LogP contribution in [-0.4, -0.2) is 25.8 Å². The van der Waals surface area contributed by atoms with Crippen molar-refractivity contribution in [2.24, 2.45) is 5.92 Å². The predicted octanol–water partition coefficient (Wildman–Crippen LogP) is 3.82. The van der Waals surface area contributed by atoms with Crippen molar-refractivity contribution in [1.82, 2.24) is 5.32 Å². The van der Waals surface area contributed by atoms with Gasteiger partial charge in [-0.1, -0.05) is 24.6 Å². The van der Waals surface area contributed by atoms with Crippen molar-refractivity contribution in [3.8, 4) is 0 Å². The zero-order chi connectivity index (χ0) is 14.4. The molecule has 1 saturated heterocycles. The number of hydrogen-bond donors (Lipinski definition) is 1. The summed E-state index contributed by atoms with van der Waals surface area (Å²) in [6.07, 6.45) is 3.79. The maximum absolute atomic E-state index is 14.0. The van der Waals surface area contributed by atoms with Crippen LogP contribution in [0, 0.1) is 11.7 Å². The highest BCUT2D eigenvalue weighted by Gasteiger charge is 2.25. The number of halogens is 2. The first kappa shape index (κ1) is 15.7. The fraction of sp³-hybridized carbons (Fsp3) is 0.625. The van der Waals surface area contributed by atoms with Crippen LogP contribution in [0.2, 0.25) is 5.02 Å². The molecule has 2 nitrogen and oxygen atoms in total. The van der Waals surface area contributed by atoms with Crippen LogP contribution < -0.4 is 5.32 Å². The van der Waals surface area contributed by atoms with Crippen molar-refractivity contribution in [1.29, 1.82) is 0 Å². The number of benzene rings is 1. The van der Waals surface area contributed by atoms with E-state index in [9.17, 15) is 4.39 Å². The summed E-state index contributed by atoms with van der Waals surface area (Å²) in [7, 11) is 0. The molecule has 0 aliphatic carbocycles. The van der Waals surface area contributed by atoms with Gasteiger partial charge < -0.3 is 10.1 Å². The smallest absolute Gasteiger partial charge is 0.127 e. The Hall–Kier alpha value is -0.640. The molecule has 1 fully saturated rings. The monoisotopic (exact) mass is 299 g/mol. The van der Waals surface area contributed by atoms with Gasteiger partial charge in [0.05, 0.1) is 0 Å². The largest absolute Gasteiger partial charge is 0.381 e. The molecule has 0 spiro atoms. The fourth-order valence-electron chi connectivity index (χ4n) is 2.80. The second kappa shape index (κ2) is 7.96. The van der Waals surface area contributed by atoms with E-state index in [2.05, 4.69) is 12.2 Å². The van der Waals surface area contributed by atoms with Crippen LogP contribution in [0.3, 0.4) is 0 Å². The molecule has 1 heterocycles. The van der Waals surface area contributed by atoms with E-state index in [-0.39, 0.29) is 11.9 Å². The molecule has 0 aromatic heterocycles. The number of nitrogens with one attached hydrogen (secondary N) is 1. The minimum atomic E-state index is -0.201. The van der Waals surface area contributed by atoms with E-state index in [1.165, 1.54) is 6.07 Å². The summed E-state index contributed by atoms with van der Waals surface area (Å²) in [4.78, 5) is 0. The van der Waals surface area contributed by atoms with Crippen LogP contribution in [0.4, 0.5) is 4.39 Å². The molecule has 1 aromatic rings. The van der Waals surface area contributed by atoms with Gasteiger partial charge in [0.1, 0.15) is 5.82 Å². The molecule has 1 aliphatic heterocycles. The maximum atomic E-state index is 14.0. The first-order valence-corrected chi connectivity index (χ1v) is 7.84. The molecule has 4 heteroatoms. The Balaban J connectivity index is 2.09. The van der Waals surface area contributed by atoms with Crippen LogP contribution in [-0.2, 0) is 11.2 Å². The Bertz CT molecular complexity index is 401. The Morgan fingerprint density at radius 1 is 1.40 bits per heavy atom. The molecule has 112 valence electrons. The van der Waals surface area contributed by atoms with E-state index in [1.54, 1.807) is 12.1 Å². The molecule has 20 heavy (non-hydrogen) atoms. The van der Waals surface area contributed by atoms with Crippen LogP contribution in [0.25, 0.3) is 0 Å². The third kappa shape index (κ3) is 4.18. The zero-order valence-electron chi connectivity index (χ0n) is 12.0. The highest BCUT2D eigenvalue weighted by atomic mass is 35.5. The Morgan fingerprint density at radius 3 is 2.80 bits per heavy atom. The standard InChI is InChI=1S/C16H23ClFNO/c1-2-8-19-16(12-6-9-20-10-7-12)11-13-14(17)4-3-5-15(13)18/h3-5,12,16,19H,2,6-11H2,1H3. The van der Waals surface area contributed by atoms with Gasteiger partial charge in [0, 0.05) is 29.8 Å². The van der Waals surface area contributed by atoms with E-state index < -0.39 is 0 Å². The summed E-state index contributed by atoms with van der Waals surface area (Å²) >= 11 is 6.15. The Kier molecular flexibility index (Phi) is 6.27. The summed E-state index contributed by atoms with van der Waals surface area (Å²) in [5, 5.41) is 4.09. The molecule has 0 radical (unpaired) electrons. The molecule has 0 bridgehead atoms. The van der Waals surface area contributed by atoms with E-state index in [1.807, 2.05) is 0 Å². The molecule has 1 N–H and O–H groups in total. The van der Waals surface area contributed by atoms with Gasteiger partial charge >= 0.3 is 0 Å². The average molecular weight is 300 g/mol. The van der Waals surface area contributed by atoms with Crippen molar-refractivity contribution in [3.63, 3.8) is 0 Å². The summed E-state index contributed by atoms with van der Waals surface area (Å²) in [6.45, 7) is 4.71. The summed E-state index contributed by atoms with van der Waals surface area (Å²) in [5.41, 5.74) is 0.634. The molecule has 0 saturated carbocycles. The number of ether oxygens (including phenoxy) is 1. The molecule has 1 atom stereocenters. The summed E-state index contributed by atoms with van der Waals surface area (Å²) < 4.78 is 19.4. The van der Waals surface area contributed by atoms with E-state index in [4.69, 9.17) is 16.3 Å². The number of rotatable bonds is 6. The molecule has 1 unspecified atom stereocenters. The first-order valence-electron chi connectivity index (χ1n) is 7.46. The van der Waals surface area contributed by atoms with E-state index in [0.29, 0.717) is 22.9 Å². The van der Waals surface area contributed by atoms with Gasteiger partial charge in [-0.15, -0.1) is 0 Å². The first-order chi connectivity index (χ1) is 9.72. The number of hydrogen-bond acceptors (Lipinski definition) is 2. The lowest BCUT2D eigenvalue weighted by atomic mass is 9.87. The van der Waals surface area contributed by atoms with Crippen molar-refractivity contribution in [2.75, 3.05) is 19.8 Å². The van der Waals surface area contributed by atoms with Gasteiger partial charge in [-0.05, 0) is 50.3 Å². The highest BCUT2D eigenvalue weighted by molar-refractivity contribution is 6.31. The highest BCUT2D eigenvalue weighted by Crippen LogP contribution is 2.26. The van der Waals surface area contributed by atoms with Gasteiger partial charge in [0.25, 0.3) is 0 Å². The van der Waals surface area contributed by atoms with Crippen molar-refractivity contribution in [3.05, 3.63) is 34.6 Å². The second-order valence-electron chi connectivity index (χ2n) is 5.41. The van der Waals surface area contributed by atoms with E-state index >= 15 is 0 Å². The third-order valence-electron chi connectivity index (χ3n) is 3.98. The lowest BCUT2D eigenvalue weighted by molar-refractivity contribution is 0.0537. The normalized spacial score (nSPS) is 18.1. The maximum Gasteiger partial charge on any atom is 0.127 e. The third-order valence-corrected chi connectivity index (χ3v) is 4.33. The SMILES string of the molecule is CCCNC(Cc1c(F)cccc1Cl)C1CCOCC1.